The predicted octanol–water partition coefficient (Wildman–Crippen LogP) is 2.94. The second kappa shape index (κ2) is 8.21. The maximum absolute atomic E-state index is 5.31. The average Bonchev–Trinajstić information content (AvgIpc) is 3.37. The van der Waals surface area contributed by atoms with Crippen molar-refractivity contribution in [1.82, 2.24) is 24.6 Å². The third-order valence-corrected chi connectivity index (χ3v) is 5.57. The fraction of sp³-hybridized carbons (Fsp3) is 0.409. The maximum atomic E-state index is 5.31. The largest absolute Gasteiger partial charge is 0.497 e. The topological polar surface area (TPSA) is 59.3 Å². The number of aryl methyl sites for hydroxylation is 1. The van der Waals surface area contributed by atoms with Gasteiger partial charge < -0.3 is 9.64 Å². The second-order valence-electron chi connectivity index (χ2n) is 7.76. The van der Waals surface area contributed by atoms with Crippen LogP contribution < -0.4 is 9.64 Å². The van der Waals surface area contributed by atoms with Crippen LogP contribution in [0.25, 0.3) is 11.1 Å². The average molecular weight is 393 g/mol. The Morgan fingerprint density at radius 2 is 1.97 bits per heavy atom. The zero-order valence-electron chi connectivity index (χ0n) is 17.5. The fourth-order valence-corrected chi connectivity index (χ4v) is 3.89. The Morgan fingerprint density at radius 3 is 2.62 bits per heavy atom. The minimum atomic E-state index is 0.377. The Bertz CT molecular complexity index is 966. The molecule has 0 spiro atoms. The van der Waals surface area contributed by atoms with Gasteiger partial charge in [-0.3, -0.25) is 9.58 Å². The van der Waals surface area contributed by atoms with Crippen LogP contribution in [0.3, 0.4) is 0 Å². The molecule has 152 valence electrons. The van der Waals surface area contributed by atoms with E-state index in [0.29, 0.717) is 5.92 Å². The summed E-state index contributed by atoms with van der Waals surface area (Å²) in [7, 11) is 7.65. The van der Waals surface area contributed by atoms with Crippen molar-refractivity contribution >= 4 is 5.95 Å². The highest BCUT2D eigenvalue weighted by Gasteiger charge is 2.28. The quantitative estimate of drug-likeness (QED) is 0.643. The molecule has 1 aliphatic rings. The second-order valence-corrected chi connectivity index (χ2v) is 7.76. The van der Waals surface area contributed by atoms with Crippen molar-refractivity contribution in [2.24, 2.45) is 7.05 Å². The Morgan fingerprint density at radius 1 is 1.17 bits per heavy atom. The third kappa shape index (κ3) is 4.10. The van der Waals surface area contributed by atoms with Crippen LogP contribution in [0.5, 0.6) is 5.75 Å². The first-order valence-electron chi connectivity index (χ1n) is 9.93. The van der Waals surface area contributed by atoms with E-state index in [1.54, 1.807) is 7.11 Å². The first-order valence-corrected chi connectivity index (χ1v) is 9.93. The standard InChI is InChI=1S/C22H28N6O/c1-26(2)22-23-13-20(16-5-7-19(29-4)8-6-16)21(25-22)17-10-12-28(14-17)15-18-9-11-24-27(18)3/h5-9,11,13,17H,10,12,14-15H2,1-4H3. The van der Waals surface area contributed by atoms with E-state index in [4.69, 9.17) is 9.72 Å². The van der Waals surface area contributed by atoms with Gasteiger partial charge in [-0.05, 0) is 36.7 Å². The first kappa shape index (κ1) is 19.4. The van der Waals surface area contributed by atoms with Crippen molar-refractivity contribution in [2.75, 3.05) is 39.2 Å². The number of likely N-dealkylation sites (tertiary alicyclic amines) is 1. The van der Waals surface area contributed by atoms with Gasteiger partial charge in [0, 0.05) is 58.1 Å². The summed E-state index contributed by atoms with van der Waals surface area (Å²) < 4.78 is 7.26. The number of nitrogens with zero attached hydrogens (tertiary/aromatic N) is 6. The summed E-state index contributed by atoms with van der Waals surface area (Å²) in [5, 5.41) is 4.29. The van der Waals surface area contributed by atoms with Gasteiger partial charge in [0.25, 0.3) is 0 Å². The number of aromatic nitrogens is 4. The van der Waals surface area contributed by atoms with Crippen molar-refractivity contribution in [1.29, 1.82) is 0 Å². The molecule has 7 heteroatoms. The van der Waals surface area contributed by atoms with Crippen LogP contribution in [0, 0.1) is 0 Å². The fourth-order valence-electron chi connectivity index (χ4n) is 3.89. The summed E-state index contributed by atoms with van der Waals surface area (Å²) in [5.41, 5.74) is 4.58. The molecular weight excluding hydrogens is 364 g/mol. The SMILES string of the molecule is COc1ccc(-c2cnc(N(C)C)nc2C2CCN(Cc3ccnn3C)C2)cc1. The third-order valence-electron chi connectivity index (χ3n) is 5.57. The van der Waals surface area contributed by atoms with Crippen LogP contribution in [0.15, 0.2) is 42.7 Å². The number of methoxy groups -OCH3 is 1. The lowest BCUT2D eigenvalue weighted by molar-refractivity contribution is 0.316. The summed E-state index contributed by atoms with van der Waals surface area (Å²) >= 11 is 0. The van der Waals surface area contributed by atoms with Crippen molar-refractivity contribution in [2.45, 2.75) is 18.9 Å². The Kier molecular flexibility index (Phi) is 5.49. The van der Waals surface area contributed by atoms with Crippen molar-refractivity contribution in [3.05, 3.63) is 54.1 Å². The van der Waals surface area contributed by atoms with Crippen LogP contribution in [0.2, 0.25) is 0 Å². The van der Waals surface area contributed by atoms with Gasteiger partial charge in [0.2, 0.25) is 5.95 Å². The summed E-state index contributed by atoms with van der Waals surface area (Å²) in [4.78, 5) is 14.0. The van der Waals surface area contributed by atoms with Crippen LogP contribution in [0.4, 0.5) is 5.95 Å². The molecule has 29 heavy (non-hydrogen) atoms. The minimum Gasteiger partial charge on any atom is -0.497 e. The first-order chi connectivity index (χ1) is 14.0. The van der Waals surface area contributed by atoms with E-state index in [9.17, 15) is 0 Å². The van der Waals surface area contributed by atoms with Crippen molar-refractivity contribution in [3.8, 4) is 16.9 Å². The van der Waals surface area contributed by atoms with E-state index >= 15 is 0 Å². The van der Waals surface area contributed by atoms with Gasteiger partial charge in [-0.15, -0.1) is 0 Å². The molecule has 0 N–H and O–H groups in total. The van der Waals surface area contributed by atoms with Gasteiger partial charge in [0.05, 0.1) is 18.5 Å². The molecular formula is C22H28N6O. The molecule has 1 atom stereocenters. The van der Waals surface area contributed by atoms with Crippen LogP contribution in [-0.4, -0.2) is 58.9 Å². The number of anilines is 1. The minimum absolute atomic E-state index is 0.377. The van der Waals surface area contributed by atoms with Gasteiger partial charge in [-0.1, -0.05) is 12.1 Å². The maximum Gasteiger partial charge on any atom is 0.225 e. The van der Waals surface area contributed by atoms with Gasteiger partial charge in [0.1, 0.15) is 5.75 Å². The van der Waals surface area contributed by atoms with Crippen LogP contribution >= 0.6 is 0 Å². The molecule has 7 nitrogen and oxygen atoms in total. The molecule has 3 aromatic rings. The van der Waals surface area contributed by atoms with E-state index in [0.717, 1.165) is 54.6 Å². The lowest BCUT2D eigenvalue weighted by atomic mass is 9.96. The zero-order chi connectivity index (χ0) is 20.4. The summed E-state index contributed by atoms with van der Waals surface area (Å²) in [5.74, 6) is 1.98. The summed E-state index contributed by atoms with van der Waals surface area (Å²) in [6.07, 6.45) is 4.91. The van der Waals surface area contributed by atoms with E-state index in [1.807, 2.05) is 55.3 Å². The van der Waals surface area contributed by atoms with Gasteiger partial charge in [-0.2, -0.15) is 5.10 Å². The number of ether oxygens (including phenoxy) is 1. The molecule has 1 aromatic carbocycles. The van der Waals surface area contributed by atoms with Gasteiger partial charge >= 0.3 is 0 Å². The molecule has 3 heterocycles. The van der Waals surface area contributed by atoms with E-state index in [-0.39, 0.29) is 0 Å². The molecule has 1 aliphatic heterocycles. The normalized spacial score (nSPS) is 16.9. The molecule has 2 aromatic heterocycles. The number of benzene rings is 1. The van der Waals surface area contributed by atoms with E-state index in [1.165, 1.54) is 5.69 Å². The highest BCUT2D eigenvalue weighted by molar-refractivity contribution is 5.67. The van der Waals surface area contributed by atoms with E-state index in [2.05, 4.69) is 33.2 Å². The molecule has 4 rings (SSSR count). The molecule has 0 bridgehead atoms. The molecule has 0 aliphatic carbocycles. The lowest BCUT2D eigenvalue weighted by Crippen LogP contribution is -2.22. The number of hydrogen-bond donors (Lipinski definition) is 0. The van der Waals surface area contributed by atoms with Crippen molar-refractivity contribution < 1.29 is 4.74 Å². The molecule has 0 saturated carbocycles. The van der Waals surface area contributed by atoms with E-state index < -0.39 is 0 Å². The van der Waals surface area contributed by atoms with Gasteiger partial charge in [0.15, 0.2) is 0 Å². The molecule has 1 saturated heterocycles. The smallest absolute Gasteiger partial charge is 0.225 e. The summed E-state index contributed by atoms with van der Waals surface area (Å²) in [6, 6.07) is 10.2. The molecule has 1 fully saturated rings. The lowest BCUT2D eigenvalue weighted by Gasteiger charge is -2.19. The van der Waals surface area contributed by atoms with Crippen molar-refractivity contribution in [3.63, 3.8) is 0 Å². The van der Waals surface area contributed by atoms with Gasteiger partial charge in [-0.25, -0.2) is 9.97 Å². The Labute approximate surface area is 172 Å². The Hall–Kier alpha value is -2.93. The monoisotopic (exact) mass is 392 g/mol. The van der Waals surface area contributed by atoms with Crippen LogP contribution in [-0.2, 0) is 13.6 Å². The zero-order valence-corrected chi connectivity index (χ0v) is 17.5. The molecule has 0 radical (unpaired) electrons. The highest BCUT2D eigenvalue weighted by Crippen LogP contribution is 2.35. The number of rotatable bonds is 6. The predicted molar refractivity (Wildman–Crippen MR) is 114 cm³/mol. The Balaban J connectivity index is 1.62. The highest BCUT2D eigenvalue weighted by atomic mass is 16.5. The molecule has 0 amide bonds. The number of hydrogen-bond acceptors (Lipinski definition) is 6. The van der Waals surface area contributed by atoms with Crippen LogP contribution in [0.1, 0.15) is 23.7 Å². The molecule has 1 unspecified atom stereocenters. The summed E-state index contributed by atoms with van der Waals surface area (Å²) in [6.45, 7) is 2.95.